The van der Waals surface area contributed by atoms with E-state index in [4.69, 9.17) is 46.6 Å². The van der Waals surface area contributed by atoms with Crippen molar-refractivity contribution in [3.8, 4) is 17.2 Å². The molecule has 3 heterocycles. The van der Waals surface area contributed by atoms with E-state index in [9.17, 15) is 9.59 Å². The number of fused-ring (bicyclic) bond motifs is 3. The zero-order valence-electron chi connectivity index (χ0n) is 18.7. The van der Waals surface area contributed by atoms with E-state index in [2.05, 4.69) is 0 Å². The van der Waals surface area contributed by atoms with Crippen molar-refractivity contribution < 1.29 is 33.0 Å². The van der Waals surface area contributed by atoms with Crippen LogP contribution < -0.4 is 14.2 Å². The predicted octanol–water partition coefficient (Wildman–Crippen LogP) is 6.75. The molecule has 0 bridgehead atoms. The molecule has 2 aliphatic heterocycles. The highest BCUT2D eigenvalue weighted by Crippen LogP contribution is 2.41. The van der Waals surface area contributed by atoms with E-state index in [1.807, 2.05) is 0 Å². The van der Waals surface area contributed by atoms with Crippen LogP contribution in [0.25, 0.3) is 17.0 Å². The summed E-state index contributed by atoms with van der Waals surface area (Å²) in [4.78, 5) is 25.8. The van der Waals surface area contributed by atoms with Gasteiger partial charge in [0, 0.05) is 32.1 Å². The molecule has 0 radical (unpaired) electrons. The highest BCUT2D eigenvalue weighted by atomic mass is 35.5. The summed E-state index contributed by atoms with van der Waals surface area (Å²) >= 11 is 12.2. The molecular weight excluding hydrogens is 507 g/mol. The highest BCUT2D eigenvalue weighted by molar-refractivity contribution is 6.31. The Morgan fingerprint density at radius 2 is 1.89 bits per heavy atom. The Morgan fingerprint density at radius 1 is 1.03 bits per heavy atom. The van der Waals surface area contributed by atoms with Crippen LogP contribution >= 0.6 is 23.2 Å². The summed E-state index contributed by atoms with van der Waals surface area (Å²) in [7, 11) is 0. The standard InChI is InChI=1S/C27H16Cl2O7/c1-13-20(36-27(31)23-9-14-6-17(28)2-4-21(14)34-23)5-3-19-24(30)22(35-25(13)19)10-15-7-18(29)8-16-11-32-12-33-26(15)16/h2-10H,11-12H2,1H3/b22-10-. The van der Waals surface area contributed by atoms with Gasteiger partial charge in [0.2, 0.25) is 11.5 Å². The topological polar surface area (TPSA) is 84.2 Å². The molecule has 0 spiro atoms. The Labute approximate surface area is 214 Å². The number of ketones is 1. The number of carbonyl (C=O) groups excluding carboxylic acids is 2. The SMILES string of the molecule is Cc1c(OC(=O)c2cc3cc(Cl)ccc3o2)ccc2c1O/C(=C\c1cc(Cl)cc3c1OCOC3)C2=O. The maximum atomic E-state index is 13.1. The minimum Gasteiger partial charge on any atom is -0.467 e. The Kier molecular flexibility index (Phi) is 5.48. The molecule has 7 nitrogen and oxygen atoms in total. The molecule has 3 aromatic carbocycles. The number of hydrogen-bond acceptors (Lipinski definition) is 7. The predicted molar refractivity (Wildman–Crippen MR) is 132 cm³/mol. The van der Waals surface area contributed by atoms with Crippen LogP contribution in [0.5, 0.6) is 17.2 Å². The number of rotatable bonds is 3. The smallest absolute Gasteiger partial charge is 0.379 e. The van der Waals surface area contributed by atoms with E-state index in [0.717, 1.165) is 5.56 Å². The highest BCUT2D eigenvalue weighted by Gasteiger charge is 2.31. The molecule has 0 amide bonds. The molecule has 0 fully saturated rings. The second-order valence-electron chi connectivity index (χ2n) is 8.28. The molecule has 0 saturated carbocycles. The lowest BCUT2D eigenvalue weighted by Crippen LogP contribution is -2.12. The first kappa shape index (κ1) is 22.7. The number of ether oxygens (including phenoxy) is 4. The second kappa shape index (κ2) is 8.71. The molecule has 0 N–H and O–H groups in total. The first-order valence-electron chi connectivity index (χ1n) is 10.9. The number of benzene rings is 3. The van der Waals surface area contributed by atoms with Crippen molar-refractivity contribution in [3.63, 3.8) is 0 Å². The van der Waals surface area contributed by atoms with E-state index < -0.39 is 5.97 Å². The van der Waals surface area contributed by atoms with Gasteiger partial charge in [0.25, 0.3) is 0 Å². The molecular formula is C27H16Cl2O7. The number of halogens is 2. The number of carbonyl (C=O) groups is 2. The molecule has 4 aromatic rings. The first-order chi connectivity index (χ1) is 17.4. The summed E-state index contributed by atoms with van der Waals surface area (Å²) in [5.41, 5.74) is 2.75. The first-order valence-corrected chi connectivity index (χ1v) is 11.6. The minimum absolute atomic E-state index is 0.0273. The van der Waals surface area contributed by atoms with Crippen molar-refractivity contribution in [2.45, 2.75) is 13.5 Å². The number of esters is 1. The van der Waals surface area contributed by atoms with E-state index in [-0.39, 0.29) is 29.8 Å². The van der Waals surface area contributed by atoms with E-state index >= 15 is 0 Å². The molecule has 6 rings (SSSR count). The number of allylic oxidation sites excluding steroid dienone is 1. The number of Topliss-reactive ketones (excluding diaryl/α,β-unsaturated/α-hetero) is 1. The molecule has 0 aliphatic carbocycles. The van der Waals surface area contributed by atoms with Gasteiger partial charge in [-0.1, -0.05) is 23.2 Å². The van der Waals surface area contributed by atoms with Crippen LogP contribution in [0, 0.1) is 6.92 Å². The number of furan rings is 1. The molecule has 36 heavy (non-hydrogen) atoms. The lowest BCUT2D eigenvalue weighted by molar-refractivity contribution is -0.0165. The van der Waals surface area contributed by atoms with Gasteiger partial charge in [-0.05, 0) is 61.5 Å². The number of hydrogen-bond donors (Lipinski definition) is 0. The summed E-state index contributed by atoms with van der Waals surface area (Å²) in [5, 5.41) is 1.69. The fourth-order valence-electron chi connectivity index (χ4n) is 4.20. The fourth-order valence-corrected chi connectivity index (χ4v) is 4.63. The molecule has 0 unspecified atom stereocenters. The van der Waals surface area contributed by atoms with Crippen molar-refractivity contribution in [2.75, 3.05) is 6.79 Å². The van der Waals surface area contributed by atoms with Gasteiger partial charge in [0.1, 0.15) is 22.8 Å². The largest absolute Gasteiger partial charge is 0.467 e. The monoisotopic (exact) mass is 522 g/mol. The fraction of sp³-hybridized carbons (Fsp3) is 0.111. The van der Waals surface area contributed by atoms with Gasteiger partial charge < -0.3 is 23.4 Å². The van der Waals surface area contributed by atoms with Crippen molar-refractivity contribution in [1.29, 1.82) is 0 Å². The van der Waals surface area contributed by atoms with Gasteiger partial charge in [0.05, 0.1) is 12.2 Å². The van der Waals surface area contributed by atoms with Crippen LogP contribution in [0.4, 0.5) is 0 Å². The Hall–Kier alpha value is -3.78. The molecule has 9 heteroatoms. The van der Waals surface area contributed by atoms with E-state index in [1.54, 1.807) is 61.5 Å². The van der Waals surface area contributed by atoms with Crippen molar-refractivity contribution in [2.24, 2.45) is 0 Å². The molecule has 0 atom stereocenters. The van der Waals surface area contributed by atoms with E-state index in [1.165, 1.54) is 0 Å². The van der Waals surface area contributed by atoms with Gasteiger partial charge in [-0.3, -0.25) is 4.79 Å². The van der Waals surface area contributed by atoms with Gasteiger partial charge in [0.15, 0.2) is 12.6 Å². The summed E-state index contributed by atoms with van der Waals surface area (Å²) in [6.07, 6.45) is 1.59. The third-order valence-corrected chi connectivity index (χ3v) is 6.36. The van der Waals surface area contributed by atoms with Crippen LogP contribution in [0.1, 0.15) is 37.6 Å². The summed E-state index contributed by atoms with van der Waals surface area (Å²) in [6.45, 7) is 2.16. The van der Waals surface area contributed by atoms with Crippen LogP contribution in [-0.4, -0.2) is 18.5 Å². The average molecular weight is 523 g/mol. The van der Waals surface area contributed by atoms with Crippen molar-refractivity contribution in [1.82, 2.24) is 0 Å². The Bertz CT molecular complexity index is 1620. The zero-order valence-corrected chi connectivity index (χ0v) is 20.2. The van der Waals surface area contributed by atoms with Crippen LogP contribution in [0.15, 0.2) is 58.7 Å². The molecule has 180 valence electrons. The normalized spacial score (nSPS) is 15.4. The molecule has 2 aliphatic rings. The van der Waals surface area contributed by atoms with Crippen LogP contribution in [0.3, 0.4) is 0 Å². The van der Waals surface area contributed by atoms with Gasteiger partial charge in [-0.25, -0.2) is 4.79 Å². The Morgan fingerprint density at radius 3 is 2.75 bits per heavy atom. The third-order valence-electron chi connectivity index (χ3n) is 5.91. The maximum absolute atomic E-state index is 13.1. The van der Waals surface area contributed by atoms with Gasteiger partial charge in [-0.2, -0.15) is 0 Å². The molecule has 0 saturated heterocycles. The lowest BCUT2D eigenvalue weighted by atomic mass is 10.0. The zero-order chi connectivity index (χ0) is 25.0. The van der Waals surface area contributed by atoms with Crippen molar-refractivity contribution >= 4 is 52.0 Å². The Balaban J connectivity index is 1.29. The maximum Gasteiger partial charge on any atom is 0.379 e. The van der Waals surface area contributed by atoms with Gasteiger partial charge in [-0.15, -0.1) is 0 Å². The summed E-state index contributed by atoms with van der Waals surface area (Å²) in [5.74, 6) is 0.282. The summed E-state index contributed by atoms with van der Waals surface area (Å²) < 4.78 is 28.0. The van der Waals surface area contributed by atoms with Crippen molar-refractivity contribution in [3.05, 3.63) is 92.3 Å². The quantitative estimate of drug-likeness (QED) is 0.167. The lowest BCUT2D eigenvalue weighted by Gasteiger charge is -2.20. The minimum atomic E-state index is -0.685. The molecule has 1 aromatic heterocycles. The van der Waals surface area contributed by atoms with Crippen LogP contribution in [0.2, 0.25) is 10.0 Å². The van der Waals surface area contributed by atoms with E-state index in [0.29, 0.717) is 55.8 Å². The van der Waals surface area contributed by atoms with Gasteiger partial charge >= 0.3 is 5.97 Å². The average Bonchev–Trinajstić information content (AvgIpc) is 3.42. The van der Waals surface area contributed by atoms with Crippen LogP contribution in [-0.2, 0) is 11.3 Å². The third kappa shape index (κ3) is 3.91. The second-order valence-corrected chi connectivity index (χ2v) is 9.15. The summed E-state index contributed by atoms with van der Waals surface area (Å²) in [6, 6.07) is 13.2.